The fraction of sp³-hybridized carbons (Fsp3) is 0.261. The fourth-order valence-corrected chi connectivity index (χ4v) is 3.26. The van der Waals surface area contributed by atoms with Crippen LogP contribution in [0.3, 0.4) is 0 Å². The number of halogens is 1. The van der Waals surface area contributed by atoms with Crippen molar-refractivity contribution in [3.63, 3.8) is 0 Å². The predicted octanol–water partition coefficient (Wildman–Crippen LogP) is 3.66. The highest BCUT2D eigenvalue weighted by Gasteiger charge is 2.15. The first-order chi connectivity index (χ1) is 14.4. The maximum atomic E-state index is 13.0. The number of carbonyl (C=O) groups excluding carboxylic acids is 2. The fourth-order valence-electron chi connectivity index (χ4n) is 3.26. The topological polar surface area (TPSA) is 73.2 Å². The van der Waals surface area contributed by atoms with Gasteiger partial charge in [0.05, 0.1) is 18.5 Å². The van der Waals surface area contributed by atoms with Crippen molar-refractivity contribution in [2.24, 2.45) is 0 Å². The molecule has 0 fully saturated rings. The maximum absolute atomic E-state index is 13.0. The van der Waals surface area contributed by atoms with Crippen LogP contribution in [0.25, 0.3) is 5.69 Å². The Balaban J connectivity index is 1.68. The lowest BCUT2D eigenvalue weighted by Crippen LogP contribution is -2.22. The SMILES string of the molecule is COC(=O)CCc1c(C)nn(-c2ccc(C(=O)NCc3ccc(F)cc3)cc2)c1C. The molecule has 0 saturated heterocycles. The lowest BCUT2D eigenvalue weighted by atomic mass is 10.1. The highest BCUT2D eigenvalue weighted by molar-refractivity contribution is 5.94. The summed E-state index contributed by atoms with van der Waals surface area (Å²) in [5.74, 6) is -0.770. The van der Waals surface area contributed by atoms with Gasteiger partial charge in [0.15, 0.2) is 0 Å². The van der Waals surface area contributed by atoms with Gasteiger partial charge in [-0.05, 0) is 67.8 Å². The van der Waals surface area contributed by atoms with E-state index in [4.69, 9.17) is 4.74 Å². The third kappa shape index (κ3) is 4.92. The molecule has 0 atom stereocenters. The molecular weight excluding hydrogens is 385 g/mol. The highest BCUT2D eigenvalue weighted by atomic mass is 19.1. The molecule has 1 N–H and O–H groups in total. The first kappa shape index (κ1) is 21.2. The smallest absolute Gasteiger partial charge is 0.305 e. The first-order valence-electron chi connectivity index (χ1n) is 9.64. The standard InChI is InChI=1S/C23H24FN3O3/c1-15-21(12-13-22(28)30-3)16(2)27(26-15)20-10-6-18(7-11-20)23(29)25-14-17-4-8-19(24)9-5-17/h4-11H,12-14H2,1-3H3,(H,25,29). The Kier molecular flexibility index (Phi) is 6.61. The lowest BCUT2D eigenvalue weighted by Gasteiger charge is -2.08. The van der Waals surface area contributed by atoms with E-state index in [0.717, 1.165) is 28.2 Å². The van der Waals surface area contributed by atoms with Gasteiger partial charge < -0.3 is 10.1 Å². The van der Waals surface area contributed by atoms with E-state index >= 15 is 0 Å². The number of methoxy groups -OCH3 is 1. The number of hydrogen-bond donors (Lipinski definition) is 1. The molecule has 3 rings (SSSR count). The van der Waals surface area contributed by atoms with Crippen molar-refractivity contribution >= 4 is 11.9 Å². The third-order valence-electron chi connectivity index (χ3n) is 4.99. The Labute approximate surface area is 174 Å². The largest absolute Gasteiger partial charge is 0.469 e. The zero-order chi connectivity index (χ0) is 21.7. The Bertz CT molecular complexity index is 1040. The number of carbonyl (C=O) groups is 2. The summed E-state index contributed by atoms with van der Waals surface area (Å²) in [6.07, 6.45) is 0.866. The Morgan fingerprint density at radius 1 is 1.07 bits per heavy atom. The average molecular weight is 409 g/mol. The van der Waals surface area contributed by atoms with E-state index in [2.05, 4.69) is 10.4 Å². The molecule has 0 unspecified atom stereocenters. The Morgan fingerprint density at radius 2 is 1.73 bits per heavy atom. The predicted molar refractivity (Wildman–Crippen MR) is 111 cm³/mol. The van der Waals surface area contributed by atoms with Crippen molar-refractivity contribution in [1.82, 2.24) is 15.1 Å². The third-order valence-corrected chi connectivity index (χ3v) is 4.99. The minimum Gasteiger partial charge on any atom is -0.469 e. The lowest BCUT2D eigenvalue weighted by molar-refractivity contribution is -0.140. The number of benzene rings is 2. The second-order valence-corrected chi connectivity index (χ2v) is 6.99. The Morgan fingerprint density at radius 3 is 2.37 bits per heavy atom. The molecule has 0 saturated carbocycles. The molecule has 0 radical (unpaired) electrons. The minimum absolute atomic E-state index is 0.210. The van der Waals surface area contributed by atoms with E-state index < -0.39 is 0 Å². The van der Waals surface area contributed by atoms with Crippen molar-refractivity contribution in [2.45, 2.75) is 33.2 Å². The van der Waals surface area contributed by atoms with Crippen LogP contribution in [0.4, 0.5) is 4.39 Å². The number of rotatable bonds is 7. The van der Waals surface area contributed by atoms with Crippen LogP contribution in [0, 0.1) is 19.7 Å². The van der Waals surface area contributed by atoms with Crippen molar-refractivity contribution < 1.29 is 18.7 Å². The second-order valence-electron chi connectivity index (χ2n) is 6.99. The highest BCUT2D eigenvalue weighted by Crippen LogP contribution is 2.20. The molecule has 7 heteroatoms. The van der Waals surface area contributed by atoms with Gasteiger partial charge in [-0.15, -0.1) is 0 Å². The summed E-state index contributed by atoms with van der Waals surface area (Å²) < 4.78 is 19.5. The van der Waals surface area contributed by atoms with Gasteiger partial charge in [-0.3, -0.25) is 9.59 Å². The summed E-state index contributed by atoms with van der Waals surface area (Å²) in [7, 11) is 1.38. The van der Waals surface area contributed by atoms with Crippen LogP contribution in [0.5, 0.6) is 0 Å². The molecule has 156 valence electrons. The van der Waals surface area contributed by atoms with Crippen molar-refractivity contribution in [2.75, 3.05) is 7.11 Å². The first-order valence-corrected chi connectivity index (χ1v) is 9.64. The van der Waals surface area contributed by atoms with Crippen LogP contribution in [-0.2, 0) is 22.5 Å². The summed E-state index contributed by atoms with van der Waals surface area (Å²) in [6, 6.07) is 13.1. The summed E-state index contributed by atoms with van der Waals surface area (Å²) in [6.45, 7) is 4.19. The molecule has 1 heterocycles. The van der Waals surface area contributed by atoms with Gasteiger partial charge in [0.25, 0.3) is 5.91 Å². The molecule has 30 heavy (non-hydrogen) atoms. The van der Waals surface area contributed by atoms with Crippen molar-refractivity contribution in [1.29, 1.82) is 0 Å². The molecule has 6 nitrogen and oxygen atoms in total. The van der Waals surface area contributed by atoms with Gasteiger partial charge in [-0.1, -0.05) is 12.1 Å². The molecule has 1 aromatic heterocycles. The van der Waals surface area contributed by atoms with Gasteiger partial charge in [0.2, 0.25) is 0 Å². The molecule has 0 aliphatic carbocycles. The molecule has 3 aromatic rings. The van der Waals surface area contributed by atoms with E-state index in [9.17, 15) is 14.0 Å². The van der Waals surface area contributed by atoms with Gasteiger partial charge in [-0.2, -0.15) is 5.10 Å². The van der Waals surface area contributed by atoms with Crippen molar-refractivity contribution in [3.8, 4) is 5.69 Å². The normalized spacial score (nSPS) is 10.7. The van der Waals surface area contributed by atoms with Gasteiger partial charge >= 0.3 is 5.97 Å². The van der Waals surface area contributed by atoms with E-state index in [0.29, 0.717) is 24.9 Å². The molecule has 0 bridgehead atoms. The minimum atomic E-state index is -0.307. The van der Waals surface area contributed by atoms with Gasteiger partial charge in [0, 0.05) is 24.2 Å². The second kappa shape index (κ2) is 9.35. The number of nitrogens with one attached hydrogen (secondary N) is 1. The molecule has 1 amide bonds. The number of aryl methyl sites for hydroxylation is 1. The summed E-state index contributed by atoms with van der Waals surface area (Å²) in [5, 5.41) is 7.40. The van der Waals surface area contributed by atoms with E-state index in [1.54, 1.807) is 24.3 Å². The van der Waals surface area contributed by atoms with Crippen LogP contribution in [-0.4, -0.2) is 28.8 Å². The van der Waals surface area contributed by atoms with Crippen LogP contribution in [0.1, 0.15) is 39.3 Å². The van der Waals surface area contributed by atoms with E-state index in [1.165, 1.54) is 19.2 Å². The molecule has 0 aliphatic heterocycles. The number of nitrogens with zero attached hydrogens (tertiary/aromatic N) is 2. The number of hydrogen-bond acceptors (Lipinski definition) is 4. The number of amides is 1. The average Bonchev–Trinajstić information content (AvgIpc) is 3.04. The Hall–Kier alpha value is -3.48. The van der Waals surface area contributed by atoms with E-state index in [1.807, 2.05) is 30.7 Å². The van der Waals surface area contributed by atoms with Crippen LogP contribution >= 0.6 is 0 Å². The zero-order valence-corrected chi connectivity index (χ0v) is 17.2. The monoisotopic (exact) mass is 409 g/mol. The van der Waals surface area contributed by atoms with Gasteiger partial charge in [0.1, 0.15) is 5.82 Å². The maximum Gasteiger partial charge on any atom is 0.305 e. The van der Waals surface area contributed by atoms with Crippen LogP contribution in [0.15, 0.2) is 48.5 Å². The number of esters is 1. The molecule has 0 spiro atoms. The van der Waals surface area contributed by atoms with E-state index in [-0.39, 0.29) is 17.7 Å². The summed E-state index contributed by atoms with van der Waals surface area (Å²) in [4.78, 5) is 23.8. The molecule has 2 aromatic carbocycles. The van der Waals surface area contributed by atoms with Crippen molar-refractivity contribution in [3.05, 3.63) is 82.4 Å². The summed E-state index contributed by atoms with van der Waals surface area (Å²) in [5.41, 5.74) is 5.00. The zero-order valence-electron chi connectivity index (χ0n) is 17.2. The van der Waals surface area contributed by atoms with Crippen LogP contribution < -0.4 is 5.32 Å². The number of ether oxygens (including phenoxy) is 1. The number of aromatic nitrogens is 2. The quantitative estimate of drug-likeness (QED) is 0.605. The molecular formula is C23H24FN3O3. The van der Waals surface area contributed by atoms with Crippen LogP contribution in [0.2, 0.25) is 0 Å². The summed E-state index contributed by atoms with van der Waals surface area (Å²) >= 11 is 0. The van der Waals surface area contributed by atoms with Gasteiger partial charge in [-0.25, -0.2) is 9.07 Å². The molecule has 0 aliphatic rings.